The van der Waals surface area contributed by atoms with Gasteiger partial charge in [0.2, 0.25) is 11.9 Å². The number of ether oxygens (including phenoxy) is 3. The van der Waals surface area contributed by atoms with Gasteiger partial charge in [0.15, 0.2) is 0 Å². The number of rotatable bonds is 19. The number of carbonyl (C=O) groups excluding carboxylic acids is 4. The van der Waals surface area contributed by atoms with E-state index in [0.29, 0.717) is 81.1 Å². The van der Waals surface area contributed by atoms with E-state index in [-0.39, 0.29) is 29.4 Å². The van der Waals surface area contributed by atoms with Crippen molar-refractivity contribution >= 4 is 29.9 Å². The van der Waals surface area contributed by atoms with Crippen LogP contribution in [-0.4, -0.2) is 161 Å². The van der Waals surface area contributed by atoms with Gasteiger partial charge in [-0.3, -0.25) is 24.6 Å². The van der Waals surface area contributed by atoms with E-state index in [2.05, 4.69) is 70.8 Å². The normalized spacial score (nSPS) is 18.8. The highest BCUT2D eigenvalue weighted by molar-refractivity contribution is 5.87. The van der Waals surface area contributed by atoms with Gasteiger partial charge in [0.05, 0.1) is 73.8 Å². The highest BCUT2D eigenvalue weighted by Crippen LogP contribution is 2.42. The number of aromatic nitrogens is 4. The average Bonchev–Trinajstić information content (AvgIpc) is 4.22. The molecule has 4 aromatic rings. The molecule has 7 rings (SSSR count). The molecule has 0 unspecified atom stereocenters. The molecule has 2 aromatic heterocycles. The predicted octanol–water partition coefficient (Wildman–Crippen LogP) is 6.20. The molecule has 4 amide bonds. The lowest BCUT2D eigenvalue weighted by Gasteiger charge is -2.49. The van der Waals surface area contributed by atoms with Gasteiger partial charge >= 0.3 is 24.5 Å². The Morgan fingerprint density at radius 3 is 1.85 bits per heavy atom. The summed E-state index contributed by atoms with van der Waals surface area (Å²) in [6.45, 7) is 7.55. The molecule has 6 atom stereocenters. The zero-order valence-corrected chi connectivity index (χ0v) is 45.7. The number of alkyl halides is 6. The first-order valence-electron chi connectivity index (χ1n) is 25.9. The monoisotopic (exact) mass is 1150 g/mol. The van der Waals surface area contributed by atoms with E-state index >= 15 is 8.78 Å². The summed E-state index contributed by atoms with van der Waals surface area (Å²) in [6, 6.07) is 3.78. The fourth-order valence-electron chi connectivity index (χ4n) is 9.24. The molecular formula is C54H65F8N11O8. The van der Waals surface area contributed by atoms with Gasteiger partial charge in [0, 0.05) is 73.5 Å². The highest BCUT2D eigenvalue weighted by atomic mass is 19.4. The van der Waals surface area contributed by atoms with Crippen molar-refractivity contribution in [1.82, 2.24) is 51.0 Å². The van der Waals surface area contributed by atoms with Crippen molar-refractivity contribution in [2.45, 2.75) is 128 Å². The van der Waals surface area contributed by atoms with Crippen LogP contribution in [0.2, 0.25) is 0 Å². The molecule has 3 fully saturated rings. The molecule has 0 radical (unpaired) electrons. The molecule has 2 aliphatic heterocycles. The molecule has 3 aliphatic rings. The van der Waals surface area contributed by atoms with E-state index in [1.54, 1.807) is 35.4 Å². The number of nitrogens with one attached hydrogen (secondary N) is 4. The van der Waals surface area contributed by atoms with Gasteiger partial charge in [-0.05, 0) is 96.7 Å². The van der Waals surface area contributed by atoms with E-state index in [4.69, 9.17) is 4.74 Å². The van der Waals surface area contributed by atoms with Crippen molar-refractivity contribution in [2.24, 2.45) is 10.8 Å². The minimum absolute atomic E-state index is 0.00230. The van der Waals surface area contributed by atoms with Crippen LogP contribution >= 0.6 is 0 Å². The predicted molar refractivity (Wildman–Crippen MR) is 276 cm³/mol. The molecule has 440 valence electrons. The quantitative estimate of drug-likeness (QED) is 0.0402. The Hall–Kier alpha value is -7.15. The van der Waals surface area contributed by atoms with E-state index < -0.39 is 108 Å². The zero-order chi connectivity index (χ0) is 59.4. The molecule has 81 heavy (non-hydrogen) atoms. The number of aliphatic hydroxyl groups is 1. The number of alkyl carbamates (subject to hydrolysis) is 2. The first-order valence-corrected chi connectivity index (χ1v) is 25.9. The fraction of sp³-hybridized carbons (Fsp3) is 0.537. The first-order chi connectivity index (χ1) is 38.0. The summed E-state index contributed by atoms with van der Waals surface area (Å²) >= 11 is 0. The van der Waals surface area contributed by atoms with Crippen LogP contribution in [0.15, 0.2) is 61.1 Å². The summed E-state index contributed by atoms with van der Waals surface area (Å²) in [6.07, 6.45) is -9.22. The number of anilines is 1. The van der Waals surface area contributed by atoms with Crippen molar-refractivity contribution in [3.8, 4) is 23.1 Å². The SMILES string of the molecule is COC(=O)N[C@H](C(=O)N[C@@H](Cc1ccc(C#Cc2cnc(N3C[C@@H](C)N(C4COC4)C[C@H]3C)nc2)cc1)[C@@H](O)CN(Cc1c(F)cc(-c2ccn(C3CC3)n2)cc1F)NC(=O)[C@@H](NC(=O)OC)C(C)(C)C(F)(F)F)C(C)(C)C(F)(F)F. The molecule has 27 heteroatoms. The van der Waals surface area contributed by atoms with Gasteiger partial charge in [-0.2, -0.15) is 31.4 Å². The minimum Gasteiger partial charge on any atom is -0.453 e. The third kappa shape index (κ3) is 14.7. The number of hydrazine groups is 1. The third-order valence-corrected chi connectivity index (χ3v) is 14.9. The molecule has 0 bridgehead atoms. The van der Waals surface area contributed by atoms with Gasteiger partial charge in [0.25, 0.3) is 5.91 Å². The van der Waals surface area contributed by atoms with Crippen LogP contribution in [0.25, 0.3) is 11.3 Å². The van der Waals surface area contributed by atoms with E-state index in [9.17, 15) is 50.6 Å². The highest BCUT2D eigenvalue weighted by Gasteiger charge is 2.57. The standard InChI is InChI=1S/C54H65F8N11O8/c1-30-25-72(31(2)24-71(30)37-28-81-29-37)48-63-22-34(23-64-48)14-11-32-9-12-33(13-10-32)19-42(65-46(75)44(66-49(77)79-7)51(3,4)53(57,58)59)43(74)27-70(69-47(76)45(67-50(78)80-8)52(5,6)54(60,61)62)26-38-39(55)20-35(21-40(38)56)41-17-18-73(68-41)36-15-16-36/h9-10,12-13,17-18,20-23,30-31,36-37,42-45,74H,15-16,19,24-29H2,1-8H3,(H,65,75)(H,66,77)(H,67,78)(H,69,76)/t30-,31-,42+,43+,44-,45-/m1/s1. The van der Waals surface area contributed by atoms with Crippen LogP contribution in [0.1, 0.15) is 82.7 Å². The second kappa shape index (κ2) is 24.9. The molecule has 0 spiro atoms. The number of hydrogen-bond acceptors (Lipinski definition) is 14. The maximum atomic E-state index is 16.2. The van der Waals surface area contributed by atoms with Crippen LogP contribution < -0.4 is 26.3 Å². The number of methoxy groups -OCH3 is 2. The smallest absolute Gasteiger partial charge is 0.407 e. The molecule has 19 nitrogen and oxygen atoms in total. The van der Waals surface area contributed by atoms with Gasteiger partial charge in [0.1, 0.15) is 23.7 Å². The average molecular weight is 1150 g/mol. The van der Waals surface area contributed by atoms with Crippen LogP contribution in [0.5, 0.6) is 0 Å². The lowest BCUT2D eigenvalue weighted by Crippen LogP contribution is -2.63. The molecule has 1 aliphatic carbocycles. The summed E-state index contributed by atoms with van der Waals surface area (Å²) < 4.78 is 136. The summed E-state index contributed by atoms with van der Waals surface area (Å²) in [7, 11) is 1.66. The van der Waals surface area contributed by atoms with Crippen molar-refractivity contribution in [2.75, 3.05) is 52.0 Å². The largest absolute Gasteiger partial charge is 0.453 e. The number of benzene rings is 2. The van der Waals surface area contributed by atoms with Crippen LogP contribution in [0.3, 0.4) is 0 Å². The lowest BCUT2D eigenvalue weighted by atomic mass is 9.82. The summed E-state index contributed by atoms with van der Waals surface area (Å²) in [5.74, 6) is 0.966. The van der Waals surface area contributed by atoms with Crippen LogP contribution in [0.4, 0.5) is 50.7 Å². The maximum Gasteiger partial charge on any atom is 0.407 e. The lowest BCUT2D eigenvalue weighted by molar-refractivity contribution is -0.221. The second-order valence-corrected chi connectivity index (χ2v) is 21.6. The van der Waals surface area contributed by atoms with Gasteiger partial charge < -0.3 is 40.2 Å². The topological polar surface area (TPSA) is 218 Å². The fourth-order valence-corrected chi connectivity index (χ4v) is 9.24. The van der Waals surface area contributed by atoms with Crippen LogP contribution in [0, 0.1) is 34.3 Å². The number of aliphatic hydroxyl groups excluding tert-OH is 1. The molecule has 2 aromatic carbocycles. The Balaban J connectivity index is 1.18. The van der Waals surface area contributed by atoms with Crippen molar-refractivity contribution in [3.05, 3.63) is 94.9 Å². The van der Waals surface area contributed by atoms with Gasteiger partial charge in [-0.1, -0.05) is 24.0 Å². The summed E-state index contributed by atoms with van der Waals surface area (Å²) in [5.41, 5.74) is -3.29. The Bertz CT molecular complexity index is 2920. The number of amides is 4. The number of nitrogens with zero attached hydrogens (tertiary/aromatic N) is 7. The Labute approximate surface area is 462 Å². The second-order valence-electron chi connectivity index (χ2n) is 21.6. The Morgan fingerprint density at radius 1 is 0.778 bits per heavy atom. The van der Waals surface area contributed by atoms with E-state index in [1.807, 2.05) is 10.6 Å². The van der Waals surface area contributed by atoms with Crippen LogP contribution in [-0.2, 0) is 36.8 Å². The maximum absolute atomic E-state index is 16.2. The summed E-state index contributed by atoms with van der Waals surface area (Å²) in [4.78, 5) is 66.8. The molecule has 2 saturated heterocycles. The molecule has 5 N–H and O–H groups in total. The Kier molecular flexibility index (Phi) is 18.9. The summed E-state index contributed by atoms with van der Waals surface area (Å²) in [5, 5.41) is 23.2. The van der Waals surface area contributed by atoms with E-state index in [1.165, 1.54) is 18.2 Å². The van der Waals surface area contributed by atoms with Gasteiger partial charge in [-0.25, -0.2) is 33.3 Å². The zero-order valence-electron chi connectivity index (χ0n) is 45.7. The minimum atomic E-state index is -5.18. The van der Waals surface area contributed by atoms with Gasteiger partial charge in [-0.15, -0.1) is 0 Å². The van der Waals surface area contributed by atoms with Crippen molar-refractivity contribution < 1.29 is 73.6 Å². The third-order valence-electron chi connectivity index (χ3n) is 14.9. The molecule has 1 saturated carbocycles. The van der Waals surface area contributed by atoms with E-state index in [0.717, 1.165) is 45.7 Å². The molecule has 4 heterocycles. The molecular weight excluding hydrogens is 1080 g/mol. The van der Waals surface area contributed by atoms with Crippen molar-refractivity contribution in [1.29, 1.82) is 0 Å². The first kappa shape index (κ1) is 61.5. The van der Waals surface area contributed by atoms with Crippen molar-refractivity contribution in [3.63, 3.8) is 0 Å². The number of halogens is 8. The number of piperazine rings is 1. The number of hydrogen-bond donors (Lipinski definition) is 5. The number of carbonyl (C=O) groups is 4. The Morgan fingerprint density at radius 2 is 1.33 bits per heavy atom.